The Bertz CT molecular complexity index is 591. The highest BCUT2D eigenvalue weighted by atomic mass is 19.4. The van der Waals surface area contributed by atoms with Crippen LogP contribution in [-0.2, 0) is 15.7 Å². The Morgan fingerprint density at radius 2 is 2.04 bits per heavy atom. The van der Waals surface area contributed by atoms with Gasteiger partial charge in [0.05, 0.1) is 24.0 Å². The molecular weight excluding hydrogens is 325 g/mol. The molecule has 0 spiro atoms. The van der Waals surface area contributed by atoms with Crippen molar-refractivity contribution in [3.8, 4) is 0 Å². The molecule has 5 nitrogen and oxygen atoms in total. The summed E-state index contributed by atoms with van der Waals surface area (Å²) < 4.78 is 49.6. The predicted octanol–water partition coefficient (Wildman–Crippen LogP) is 3.71. The number of anilines is 1. The van der Waals surface area contributed by atoms with Gasteiger partial charge in [0.15, 0.2) is 0 Å². The van der Waals surface area contributed by atoms with E-state index in [9.17, 15) is 18.0 Å². The Morgan fingerprint density at radius 3 is 2.58 bits per heavy atom. The third kappa shape index (κ3) is 5.10. The Morgan fingerprint density at radius 1 is 1.33 bits per heavy atom. The predicted molar refractivity (Wildman–Crippen MR) is 82.9 cm³/mol. The number of hydrogen-bond donors (Lipinski definition) is 2. The fourth-order valence-corrected chi connectivity index (χ4v) is 2.30. The Hall–Kier alpha value is -1.80. The van der Waals surface area contributed by atoms with E-state index >= 15 is 0 Å². The van der Waals surface area contributed by atoms with Gasteiger partial charge < -0.3 is 14.8 Å². The summed E-state index contributed by atoms with van der Waals surface area (Å²) in [6.07, 6.45) is -5.76. The molecule has 1 amide bonds. The highest BCUT2D eigenvalue weighted by molar-refractivity contribution is 5.86. The van der Waals surface area contributed by atoms with Crippen LogP contribution in [0.4, 0.5) is 23.7 Å². The van der Waals surface area contributed by atoms with E-state index in [1.165, 1.54) is 6.07 Å². The summed E-state index contributed by atoms with van der Waals surface area (Å²) in [4.78, 5) is 12.0. The van der Waals surface area contributed by atoms with E-state index in [0.717, 1.165) is 12.1 Å². The van der Waals surface area contributed by atoms with Gasteiger partial charge >= 0.3 is 12.3 Å². The van der Waals surface area contributed by atoms with Crippen LogP contribution in [0.15, 0.2) is 18.2 Å². The van der Waals surface area contributed by atoms with Gasteiger partial charge in [-0.05, 0) is 32.9 Å². The van der Waals surface area contributed by atoms with Gasteiger partial charge in [0.25, 0.3) is 0 Å². The van der Waals surface area contributed by atoms with E-state index in [0.29, 0.717) is 25.3 Å². The number of morpholine rings is 1. The molecule has 0 saturated carbocycles. The number of rotatable bonds is 2. The second-order valence-corrected chi connectivity index (χ2v) is 6.49. The zero-order valence-corrected chi connectivity index (χ0v) is 13.8. The first-order chi connectivity index (χ1) is 11.1. The zero-order valence-electron chi connectivity index (χ0n) is 13.8. The number of carbonyl (C=O) groups is 1. The molecule has 1 aliphatic rings. The molecule has 1 aliphatic heterocycles. The van der Waals surface area contributed by atoms with Crippen molar-refractivity contribution in [3.63, 3.8) is 0 Å². The molecule has 0 aromatic heterocycles. The lowest BCUT2D eigenvalue weighted by Crippen LogP contribution is -2.34. The van der Waals surface area contributed by atoms with Crippen LogP contribution in [0.1, 0.15) is 38.0 Å². The van der Waals surface area contributed by atoms with Gasteiger partial charge in [-0.25, -0.2) is 4.79 Å². The largest absolute Gasteiger partial charge is 0.444 e. The van der Waals surface area contributed by atoms with Crippen LogP contribution in [0.25, 0.3) is 0 Å². The van der Waals surface area contributed by atoms with Gasteiger partial charge in [0, 0.05) is 18.7 Å². The van der Waals surface area contributed by atoms with Crippen molar-refractivity contribution in [2.24, 2.45) is 0 Å². The molecule has 1 fully saturated rings. The van der Waals surface area contributed by atoms with E-state index in [2.05, 4.69) is 10.6 Å². The van der Waals surface area contributed by atoms with Gasteiger partial charge in [-0.1, -0.05) is 6.07 Å². The van der Waals surface area contributed by atoms with Gasteiger partial charge in [-0.15, -0.1) is 0 Å². The molecule has 1 atom stereocenters. The summed E-state index contributed by atoms with van der Waals surface area (Å²) in [7, 11) is 0. The average molecular weight is 346 g/mol. The van der Waals surface area contributed by atoms with Crippen molar-refractivity contribution in [1.29, 1.82) is 0 Å². The molecule has 1 heterocycles. The van der Waals surface area contributed by atoms with E-state index in [-0.39, 0.29) is 5.69 Å². The van der Waals surface area contributed by atoms with Crippen LogP contribution in [0.5, 0.6) is 0 Å². The first-order valence-electron chi connectivity index (χ1n) is 7.60. The van der Waals surface area contributed by atoms with Crippen LogP contribution >= 0.6 is 0 Å². The Kier molecular flexibility index (Phi) is 5.39. The van der Waals surface area contributed by atoms with Gasteiger partial charge in [-0.3, -0.25) is 5.32 Å². The quantitative estimate of drug-likeness (QED) is 0.857. The number of hydrogen-bond acceptors (Lipinski definition) is 4. The van der Waals surface area contributed by atoms with Crippen molar-refractivity contribution in [1.82, 2.24) is 5.32 Å². The number of carbonyl (C=O) groups excluding carboxylic acids is 1. The minimum Gasteiger partial charge on any atom is -0.444 e. The maximum absolute atomic E-state index is 13.0. The van der Waals surface area contributed by atoms with Crippen LogP contribution < -0.4 is 10.6 Å². The molecule has 1 aromatic rings. The Balaban J connectivity index is 2.30. The van der Waals surface area contributed by atoms with Crippen LogP contribution in [0.2, 0.25) is 0 Å². The van der Waals surface area contributed by atoms with Crippen molar-refractivity contribution < 1.29 is 27.4 Å². The number of nitrogens with one attached hydrogen (secondary N) is 2. The second-order valence-electron chi connectivity index (χ2n) is 6.49. The van der Waals surface area contributed by atoms with E-state index < -0.39 is 29.5 Å². The van der Waals surface area contributed by atoms with Crippen molar-refractivity contribution in [2.45, 2.75) is 38.7 Å². The lowest BCUT2D eigenvalue weighted by Gasteiger charge is -2.27. The summed E-state index contributed by atoms with van der Waals surface area (Å²) in [6.45, 7) is 6.59. The van der Waals surface area contributed by atoms with Crippen molar-refractivity contribution in [3.05, 3.63) is 29.3 Å². The third-order valence-electron chi connectivity index (χ3n) is 3.29. The first kappa shape index (κ1) is 18.5. The first-order valence-corrected chi connectivity index (χ1v) is 7.60. The van der Waals surface area contributed by atoms with Crippen molar-refractivity contribution in [2.75, 3.05) is 25.0 Å². The number of amides is 1. The molecule has 1 saturated heterocycles. The van der Waals surface area contributed by atoms with E-state index in [1.54, 1.807) is 20.8 Å². The molecule has 1 unspecified atom stereocenters. The third-order valence-corrected chi connectivity index (χ3v) is 3.29. The molecule has 0 aliphatic carbocycles. The van der Waals surface area contributed by atoms with Gasteiger partial charge in [-0.2, -0.15) is 13.2 Å². The monoisotopic (exact) mass is 346 g/mol. The van der Waals surface area contributed by atoms with E-state index in [4.69, 9.17) is 9.47 Å². The fourth-order valence-electron chi connectivity index (χ4n) is 2.30. The Labute approximate surface area is 138 Å². The summed E-state index contributed by atoms with van der Waals surface area (Å²) >= 11 is 0. The van der Waals surface area contributed by atoms with Crippen LogP contribution in [-0.4, -0.2) is 31.4 Å². The van der Waals surface area contributed by atoms with Crippen LogP contribution in [0, 0.1) is 0 Å². The van der Waals surface area contributed by atoms with Gasteiger partial charge in [0.2, 0.25) is 0 Å². The summed E-state index contributed by atoms with van der Waals surface area (Å²) in [5, 5.41) is 5.51. The molecule has 134 valence electrons. The van der Waals surface area contributed by atoms with E-state index in [1.807, 2.05) is 0 Å². The molecule has 8 heteroatoms. The molecule has 0 bridgehead atoms. The average Bonchev–Trinajstić information content (AvgIpc) is 2.45. The minimum absolute atomic E-state index is 0.0350. The lowest BCUT2D eigenvalue weighted by molar-refractivity contribution is -0.137. The molecule has 0 radical (unpaired) electrons. The summed E-state index contributed by atoms with van der Waals surface area (Å²) in [5.74, 6) is 0. The summed E-state index contributed by atoms with van der Waals surface area (Å²) in [5.41, 5.74) is -1.09. The highest BCUT2D eigenvalue weighted by Crippen LogP contribution is 2.35. The maximum atomic E-state index is 13.0. The number of alkyl halides is 3. The smallest absolute Gasteiger partial charge is 0.416 e. The highest BCUT2D eigenvalue weighted by Gasteiger charge is 2.32. The van der Waals surface area contributed by atoms with Gasteiger partial charge in [0.1, 0.15) is 5.60 Å². The second kappa shape index (κ2) is 6.98. The lowest BCUT2D eigenvalue weighted by atomic mass is 10.0. The van der Waals surface area contributed by atoms with Crippen LogP contribution in [0.3, 0.4) is 0 Å². The standard InChI is InChI=1S/C16H21F3N2O3/c1-15(2,3)24-14(22)21-12-8-10(16(17,18)19)4-5-11(12)13-9-20-6-7-23-13/h4-5,8,13,20H,6-7,9H2,1-3H3,(H,21,22). The number of halogens is 3. The fraction of sp³-hybridized carbons (Fsp3) is 0.562. The SMILES string of the molecule is CC(C)(C)OC(=O)Nc1cc(C(F)(F)F)ccc1C1CNCCO1. The number of ether oxygens (including phenoxy) is 2. The molecule has 24 heavy (non-hydrogen) atoms. The maximum Gasteiger partial charge on any atom is 0.416 e. The topological polar surface area (TPSA) is 59.6 Å². The molecular formula is C16H21F3N2O3. The molecule has 2 rings (SSSR count). The normalized spacial score (nSPS) is 19.0. The van der Waals surface area contributed by atoms with Crippen molar-refractivity contribution >= 4 is 11.8 Å². The zero-order chi connectivity index (χ0) is 18.0. The minimum atomic E-state index is -4.51. The summed E-state index contributed by atoms with van der Waals surface area (Å²) in [6, 6.07) is 3.21. The number of benzene rings is 1. The molecule has 2 N–H and O–H groups in total. The molecule has 1 aromatic carbocycles.